The molecule has 1 aliphatic heterocycles. The predicted molar refractivity (Wildman–Crippen MR) is 89.9 cm³/mol. The van der Waals surface area contributed by atoms with Crippen molar-refractivity contribution in [2.45, 2.75) is 6.92 Å². The highest BCUT2D eigenvalue weighted by Gasteiger charge is 2.26. The van der Waals surface area contributed by atoms with Gasteiger partial charge in [0.25, 0.3) is 0 Å². The van der Waals surface area contributed by atoms with Crippen LogP contribution in [0.25, 0.3) is 0 Å². The molecule has 2 aromatic rings. The van der Waals surface area contributed by atoms with Crippen LogP contribution in [0.2, 0.25) is 0 Å². The Labute approximate surface area is 137 Å². The smallest absolute Gasteiger partial charge is 0.316 e. The zero-order valence-corrected chi connectivity index (χ0v) is 13.4. The van der Waals surface area contributed by atoms with Crippen LogP contribution in [-0.2, 0) is 16.1 Å². The number of nitrogens with zero attached hydrogens (tertiary/aromatic N) is 1. The number of anilines is 2. The van der Waals surface area contributed by atoms with E-state index in [0.717, 1.165) is 5.69 Å². The van der Waals surface area contributed by atoms with Crippen LogP contribution in [-0.4, -0.2) is 16.7 Å². The van der Waals surface area contributed by atoms with Crippen molar-refractivity contribution in [1.29, 1.82) is 0 Å². The maximum Gasteiger partial charge on any atom is 0.316 e. The molecule has 2 unspecified atom stereocenters. The minimum Gasteiger partial charge on any atom is -0.385 e. The molecule has 0 bridgehead atoms. The zero-order chi connectivity index (χ0) is 16.2. The summed E-state index contributed by atoms with van der Waals surface area (Å²) in [6, 6.07) is 16.2. The third kappa shape index (κ3) is 3.81. The Hall–Kier alpha value is -2.54. The highest BCUT2D eigenvalue weighted by atomic mass is 32.2. The van der Waals surface area contributed by atoms with Crippen LogP contribution in [0, 0.1) is 5.92 Å². The molecule has 0 aliphatic carbocycles. The Balaban J connectivity index is 1.59. The van der Waals surface area contributed by atoms with Gasteiger partial charge in [0.1, 0.15) is 5.75 Å². The van der Waals surface area contributed by atoms with Gasteiger partial charge in [0.15, 0.2) is 0 Å². The van der Waals surface area contributed by atoms with Crippen LogP contribution < -0.4 is 19.3 Å². The lowest BCUT2D eigenvalue weighted by Crippen LogP contribution is -2.32. The van der Waals surface area contributed by atoms with Crippen LogP contribution in [0.5, 0.6) is 5.75 Å². The number of hydrogen-bond acceptors (Lipinski definition) is 4. The fourth-order valence-corrected chi connectivity index (χ4v) is 2.86. The molecule has 1 fully saturated rings. The summed E-state index contributed by atoms with van der Waals surface area (Å²) in [4.78, 5) is 11.5. The summed E-state index contributed by atoms with van der Waals surface area (Å²) in [6.45, 7) is 2.52. The van der Waals surface area contributed by atoms with Crippen molar-refractivity contribution in [3.05, 3.63) is 54.6 Å². The van der Waals surface area contributed by atoms with E-state index in [9.17, 15) is 9.00 Å². The summed E-state index contributed by atoms with van der Waals surface area (Å²) in [5, 5.41) is 1.80. The first kappa shape index (κ1) is 15.4. The highest BCUT2D eigenvalue weighted by Crippen LogP contribution is 2.21. The van der Waals surface area contributed by atoms with E-state index in [1.54, 1.807) is 29.3 Å². The lowest BCUT2D eigenvalue weighted by Gasteiger charge is -2.17. The van der Waals surface area contributed by atoms with Gasteiger partial charge < -0.3 is 4.18 Å². The summed E-state index contributed by atoms with van der Waals surface area (Å²) in [5.41, 5.74) is 4.35. The SMILES string of the molecule is CC1CN(c2ccc(NS(=O)Oc3ccccc3)cc2)NC1=O. The third-order valence-corrected chi connectivity index (χ3v) is 4.19. The zero-order valence-electron chi connectivity index (χ0n) is 12.6. The molecule has 0 aromatic heterocycles. The average Bonchev–Trinajstić information content (AvgIpc) is 2.88. The van der Waals surface area contributed by atoms with E-state index in [2.05, 4.69) is 10.1 Å². The molecule has 7 heteroatoms. The van der Waals surface area contributed by atoms with Crippen molar-refractivity contribution in [1.82, 2.24) is 5.43 Å². The number of benzene rings is 2. The van der Waals surface area contributed by atoms with Gasteiger partial charge in [-0.05, 0) is 36.4 Å². The number of amides is 1. The van der Waals surface area contributed by atoms with Crippen molar-refractivity contribution in [2.24, 2.45) is 5.92 Å². The van der Waals surface area contributed by atoms with Crippen molar-refractivity contribution in [2.75, 3.05) is 16.3 Å². The minimum absolute atomic E-state index is 0.0181. The number of para-hydroxylation sites is 1. The van der Waals surface area contributed by atoms with Gasteiger partial charge >= 0.3 is 11.3 Å². The highest BCUT2D eigenvalue weighted by molar-refractivity contribution is 7.81. The fourth-order valence-electron chi connectivity index (χ4n) is 2.21. The Morgan fingerprint density at radius 3 is 2.48 bits per heavy atom. The molecule has 0 spiro atoms. The summed E-state index contributed by atoms with van der Waals surface area (Å²) in [6.07, 6.45) is 0. The van der Waals surface area contributed by atoms with E-state index >= 15 is 0 Å². The maximum atomic E-state index is 11.9. The monoisotopic (exact) mass is 331 g/mol. The molecule has 2 aromatic carbocycles. The quantitative estimate of drug-likeness (QED) is 0.881. The van der Waals surface area contributed by atoms with Crippen LogP contribution in [0.3, 0.4) is 0 Å². The first-order valence-electron chi connectivity index (χ1n) is 7.22. The molecule has 1 heterocycles. The minimum atomic E-state index is -1.68. The second kappa shape index (κ2) is 6.70. The topological polar surface area (TPSA) is 70.7 Å². The fraction of sp³-hybridized carbons (Fsp3) is 0.188. The number of carbonyl (C=O) groups excluding carboxylic acids is 1. The molecule has 2 N–H and O–H groups in total. The summed E-state index contributed by atoms with van der Waals surface area (Å²) in [7, 11) is 0. The van der Waals surface area contributed by atoms with E-state index in [4.69, 9.17) is 4.18 Å². The van der Waals surface area contributed by atoms with Crippen molar-refractivity contribution in [3.8, 4) is 5.75 Å². The lowest BCUT2D eigenvalue weighted by molar-refractivity contribution is -0.121. The van der Waals surface area contributed by atoms with Crippen LogP contribution >= 0.6 is 0 Å². The van der Waals surface area contributed by atoms with Crippen LogP contribution in [0.15, 0.2) is 54.6 Å². The molecule has 23 heavy (non-hydrogen) atoms. The molecule has 3 rings (SSSR count). The molecule has 1 saturated heterocycles. The van der Waals surface area contributed by atoms with Gasteiger partial charge in [-0.1, -0.05) is 25.1 Å². The largest absolute Gasteiger partial charge is 0.385 e. The molecule has 120 valence electrons. The first-order valence-corrected chi connectivity index (χ1v) is 8.29. The average molecular weight is 331 g/mol. The maximum absolute atomic E-state index is 11.9. The van der Waals surface area contributed by atoms with E-state index in [1.165, 1.54) is 0 Å². The van der Waals surface area contributed by atoms with Gasteiger partial charge in [-0.15, -0.1) is 0 Å². The molecule has 6 nitrogen and oxygen atoms in total. The molecule has 1 aliphatic rings. The Kier molecular flexibility index (Phi) is 4.47. The standard InChI is InChI=1S/C16H17N3O3S/c1-12-11-19(17-16(12)20)14-9-7-13(8-10-14)18-23(21)22-15-5-3-2-4-6-15/h2-10,12,18H,11H2,1H3,(H,17,20). The van der Waals surface area contributed by atoms with Gasteiger partial charge in [0.2, 0.25) is 5.91 Å². The van der Waals surface area contributed by atoms with Crippen molar-refractivity contribution >= 4 is 28.5 Å². The van der Waals surface area contributed by atoms with Gasteiger partial charge in [-0.25, -0.2) is 0 Å². The Bertz CT molecular complexity index is 706. The molecular weight excluding hydrogens is 314 g/mol. The third-order valence-electron chi connectivity index (χ3n) is 3.44. The number of carbonyl (C=O) groups is 1. The molecular formula is C16H17N3O3S. The number of nitrogens with one attached hydrogen (secondary N) is 2. The number of hydrazine groups is 1. The van der Waals surface area contributed by atoms with Crippen LogP contribution in [0.4, 0.5) is 11.4 Å². The first-order chi connectivity index (χ1) is 11.1. The predicted octanol–water partition coefficient (Wildman–Crippen LogP) is 2.24. The lowest BCUT2D eigenvalue weighted by atomic mass is 10.2. The van der Waals surface area contributed by atoms with Crippen molar-refractivity contribution in [3.63, 3.8) is 0 Å². The van der Waals surface area contributed by atoms with E-state index < -0.39 is 11.3 Å². The Morgan fingerprint density at radius 2 is 1.87 bits per heavy atom. The summed E-state index contributed by atoms with van der Waals surface area (Å²) in [5.74, 6) is 0.521. The van der Waals surface area contributed by atoms with Gasteiger partial charge in [0.05, 0.1) is 18.2 Å². The van der Waals surface area contributed by atoms with E-state index in [-0.39, 0.29) is 11.8 Å². The summed E-state index contributed by atoms with van der Waals surface area (Å²) >= 11 is -1.68. The normalized spacial score (nSPS) is 18.4. The van der Waals surface area contributed by atoms with Crippen LogP contribution in [0.1, 0.15) is 6.92 Å². The van der Waals surface area contributed by atoms with Gasteiger partial charge in [-0.2, -0.15) is 4.21 Å². The number of hydrogen-bond donors (Lipinski definition) is 2. The number of rotatable bonds is 5. The van der Waals surface area contributed by atoms with Crippen molar-refractivity contribution < 1.29 is 13.2 Å². The second-order valence-corrected chi connectivity index (χ2v) is 6.11. The molecule has 1 amide bonds. The molecule has 0 radical (unpaired) electrons. The summed E-state index contributed by atoms with van der Waals surface area (Å²) < 4.78 is 20.0. The Morgan fingerprint density at radius 1 is 1.17 bits per heavy atom. The van der Waals surface area contributed by atoms with E-state index in [0.29, 0.717) is 18.0 Å². The van der Waals surface area contributed by atoms with E-state index in [1.807, 2.05) is 37.3 Å². The second-order valence-electron chi connectivity index (χ2n) is 5.27. The van der Waals surface area contributed by atoms with Gasteiger partial charge in [-0.3, -0.25) is 20.0 Å². The molecule has 0 saturated carbocycles. The molecule has 2 atom stereocenters. The van der Waals surface area contributed by atoms with Gasteiger partial charge in [0, 0.05) is 5.69 Å².